The minimum atomic E-state index is -4.76. The molecule has 3 aromatic rings. The van der Waals surface area contributed by atoms with Crippen LogP contribution in [0.4, 0.5) is 13.2 Å². The molecular formula is C26H27F3N2O2. The quantitative estimate of drug-likeness (QED) is 0.469. The molecule has 0 heterocycles. The Labute approximate surface area is 191 Å². The maximum absolute atomic E-state index is 12.8. The lowest BCUT2D eigenvalue weighted by Gasteiger charge is -2.35. The van der Waals surface area contributed by atoms with Crippen molar-refractivity contribution in [3.8, 4) is 5.75 Å². The highest BCUT2D eigenvalue weighted by Crippen LogP contribution is 2.27. The van der Waals surface area contributed by atoms with Gasteiger partial charge in [0.05, 0.1) is 0 Å². The number of amides is 1. The van der Waals surface area contributed by atoms with E-state index in [-0.39, 0.29) is 29.8 Å². The van der Waals surface area contributed by atoms with E-state index in [9.17, 15) is 18.0 Å². The van der Waals surface area contributed by atoms with Crippen molar-refractivity contribution in [3.63, 3.8) is 0 Å². The SMILES string of the molecule is C[C@H](N[C@@H]1CCCC[C@H]1NC(=O)c1ccc(OC(F)(F)F)cc1)c1cccc2ccccc12. The molecule has 0 radical (unpaired) electrons. The van der Waals surface area contributed by atoms with Gasteiger partial charge in [-0.2, -0.15) is 0 Å². The Bertz CT molecular complexity index is 1090. The molecule has 0 bridgehead atoms. The summed E-state index contributed by atoms with van der Waals surface area (Å²) >= 11 is 0. The van der Waals surface area contributed by atoms with Gasteiger partial charge in [0, 0.05) is 23.7 Å². The Hall–Kier alpha value is -3.06. The molecule has 4 nitrogen and oxygen atoms in total. The third-order valence-corrected chi connectivity index (χ3v) is 6.19. The summed E-state index contributed by atoms with van der Waals surface area (Å²) in [4.78, 5) is 12.8. The molecule has 3 aromatic carbocycles. The van der Waals surface area contributed by atoms with Gasteiger partial charge in [0.1, 0.15) is 5.75 Å². The monoisotopic (exact) mass is 456 g/mol. The predicted molar refractivity (Wildman–Crippen MR) is 122 cm³/mol. The van der Waals surface area contributed by atoms with E-state index in [4.69, 9.17) is 0 Å². The van der Waals surface area contributed by atoms with Crippen molar-refractivity contribution in [1.29, 1.82) is 0 Å². The zero-order valence-electron chi connectivity index (χ0n) is 18.4. The van der Waals surface area contributed by atoms with E-state index < -0.39 is 6.36 Å². The minimum absolute atomic E-state index is 0.0604. The second-order valence-corrected chi connectivity index (χ2v) is 8.50. The average Bonchev–Trinajstić information content (AvgIpc) is 2.79. The number of carbonyl (C=O) groups is 1. The van der Waals surface area contributed by atoms with E-state index in [1.54, 1.807) is 0 Å². The molecule has 3 atom stereocenters. The number of rotatable bonds is 6. The number of alkyl halides is 3. The van der Waals surface area contributed by atoms with Crippen LogP contribution in [0.25, 0.3) is 10.8 Å². The summed E-state index contributed by atoms with van der Waals surface area (Å²) in [6, 6.07) is 19.7. The Kier molecular flexibility index (Phi) is 6.88. The van der Waals surface area contributed by atoms with Crippen molar-refractivity contribution in [1.82, 2.24) is 10.6 Å². The van der Waals surface area contributed by atoms with Crippen LogP contribution in [0.1, 0.15) is 54.6 Å². The summed E-state index contributed by atoms with van der Waals surface area (Å²) in [6.45, 7) is 2.13. The Balaban J connectivity index is 1.43. The topological polar surface area (TPSA) is 50.4 Å². The van der Waals surface area contributed by atoms with Crippen molar-refractivity contribution < 1.29 is 22.7 Å². The van der Waals surface area contributed by atoms with Gasteiger partial charge in [-0.3, -0.25) is 4.79 Å². The first-order chi connectivity index (χ1) is 15.8. The molecule has 1 aliphatic carbocycles. The largest absolute Gasteiger partial charge is 0.573 e. The summed E-state index contributed by atoms with van der Waals surface area (Å²) in [7, 11) is 0. The highest BCUT2D eigenvalue weighted by molar-refractivity contribution is 5.94. The standard InChI is InChI=1S/C26H27F3N2O2/c1-17(21-10-6-8-18-7-2-3-9-22(18)21)30-23-11-4-5-12-24(23)31-25(32)19-13-15-20(16-14-19)33-26(27,28)29/h2-3,6-10,13-17,23-24,30H,4-5,11-12H2,1H3,(H,31,32)/t17-,23+,24+/m0/s1. The van der Waals surface area contributed by atoms with E-state index in [1.807, 2.05) is 12.1 Å². The van der Waals surface area contributed by atoms with Crippen molar-refractivity contribution in [2.24, 2.45) is 0 Å². The summed E-state index contributed by atoms with van der Waals surface area (Å²) in [6.07, 6.45) is -0.870. The van der Waals surface area contributed by atoms with E-state index in [2.05, 4.69) is 52.6 Å². The Morgan fingerprint density at radius 2 is 1.61 bits per heavy atom. The lowest BCUT2D eigenvalue weighted by molar-refractivity contribution is -0.274. The van der Waals surface area contributed by atoms with Crippen LogP contribution in [0, 0.1) is 0 Å². The molecule has 1 amide bonds. The summed E-state index contributed by atoms with van der Waals surface area (Å²) in [5, 5.41) is 9.19. The summed E-state index contributed by atoms with van der Waals surface area (Å²) in [5.41, 5.74) is 1.51. The van der Waals surface area contributed by atoms with Crippen molar-refractivity contribution >= 4 is 16.7 Å². The van der Waals surface area contributed by atoms with E-state index >= 15 is 0 Å². The molecule has 2 N–H and O–H groups in total. The third kappa shape index (κ3) is 5.85. The molecule has 1 fully saturated rings. The van der Waals surface area contributed by atoms with Crippen LogP contribution < -0.4 is 15.4 Å². The minimum Gasteiger partial charge on any atom is -0.406 e. The first kappa shape index (κ1) is 23.1. The molecule has 0 saturated heterocycles. The molecule has 33 heavy (non-hydrogen) atoms. The number of hydrogen-bond acceptors (Lipinski definition) is 3. The highest BCUT2D eigenvalue weighted by atomic mass is 19.4. The molecule has 1 aliphatic rings. The fourth-order valence-electron chi connectivity index (χ4n) is 4.60. The second-order valence-electron chi connectivity index (χ2n) is 8.50. The Morgan fingerprint density at radius 1 is 0.939 bits per heavy atom. The van der Waals surface area contributed by atoms with Crippen LogP contribution in [0.5, 0.6) is 5.75 Å². The fourth-order valence-corrected chi connectivity index (χ4v) is 4.60. The molecule has 0 unspecified atom stereocenters. The smallest absolute Gasteiger partial charge is 0.406 e. The zero-order valence-corrected chi connectivity index (χ0v) is 18.4. The lowest BCUT2D eigenvalue weighted by Crippen LogP contribution is -2.52. The van der Waals surface area contributed by atoms with E-state index in [1.165, 1.54) is 28.5 Å². The fraction of sp³-hybridized carbons (Fsp3) is 0.346. The number of fused-ring (bicyclic) bond motifs is 1. The molecule has 7 heteroatoms. The van der Waals surface area contributed by atoms with Gasteiger partial charge in [0.25, 0.3) is 5.91 Å². The van der Waals surface area contributed by atoms with Crippen LogP contribution in [0.15, 0.2) is 66.7 Å². The summed E-state index contributed by atoms with van der Waals surface area (Å²) < 4.78 is 40.9. The third-order valence-electron chi connectivity index (χ3n) is 6.19. The van der Waals surface area contributed by atoms with Gasteiger partial charge in [-0.25, -0.2) is 0 Å². The van der Waals surface area contributed by atoms with Gasteiger partial charge in [0.2, 0.25) is 0 Å². The van der Waals surface area contributed by atoms with Crippen LogP contribution in [0.3, 0.4) is 0 Å². The number of halogens is 3. The van der Waals surface area contributed by atoms with E-state index in [0.29, 0.717) is 5.56 Å². The highest BCUT2D eigenvalue weighted by Gasteiger charge is 2.31. The number of hydrogen-bond donors (Lipinski definition) is 2. The second kappa shape index (κ2) is 9.83. The zero-order chi connectivity index (χ0) is 23.4. The molecular weight excluding hydrogens is 429 g/mol. The first-order valence-electron chi connectivity index (χ1n) is 11.2. The van der Waals surface area contributed by atoms with Gasteiger partial charge >= 0.3 is 6.36 Å². The van der Waals surface area contributed by atoms with Gasteiger partial charge in [0.15, 0.2) is 0 Å². The van der Waals surface area contributed by atoms with Crippen molar-refractivity contribution in [3.05, 3.63) is 77.9 Å². The molecule has 4 rings (SSSR count). The van der Waals surface area contributed by atoms with Gasteiger partial charge in [-0.15, -0.1) is 13.2 Å². The maximum atomic E-state index is 12.8. The molecule has 0 aromatic heterocycles. The summed E-state index contributed by atoms with van der Waals surface area (Å²) in [5.74, 6) is -0.648. The molecule has 0 aliphatic heterocycles. The Morgan fingerprint density at radius 3 is 2.33 bits per heavy atom. The number of carbonyl (C=O) groups excluding carboxylic acids is 1. The normalized spacial score (nSPS) is 19.8. The van der Waals surface area contributed by atoms with Gasteiger partial charge in [-0.05, 0) is 60.4 Å². The molecule has 0 spiro atoms. The van der Waals surface area contributed by atoms with Crippen molar-refractivity contribution in [2.75, 3.05) is 0 Å². The van der Waals surface area contributed by atoms with Crippen LogP contribution in [-0.2, 0) is 0 Å². The van der Waals surface area contributed by atoms with Crippen LogP contribution in [-0.4, -0.2) is 24.4 Å². The molecule has 174 valence electrons. The van der Waals surface area contributed by atoms with E-state index in [0.717, 1.165) is 37.8 Å². The predicted octanol–water partition coefficient (Wildman–Crippen LogP) is 6.13. The molecule has 1 saturated carbocycles. The van der Waals surface area contributed by atoms with Crippen LogP contribution in [0.2, 0.25) is 0 Å². The van der Waals surface area contributed by atoms with Crippen molar-refractivity contribution in [2.45, 2.75) is 57.1 Å². The number of nitrogens with one attached hydrogen (secondary N) is 2. The van der Waals surface area contributed by atoms with Crippen LogP contribution >= 0.6 is 0 Å². The number of ether oxygens (including phenoxy) is 1. The van der Waals surface area contributed by atoms with Gasteiger partial charge in [-0.1, -0.05) is 55.3 Å². The average molecular weight is 457 g/mol. The number of benzene rings is 3. The lowest BCUT2D eigenvalue weighted by atomic mass is 9.88. The van der Waals surface area contributed by atoms with Gasteiger partial charge < -0.3 is 15.4 Å². The first-order valence-corrected chi connectivity index (χ1v) is 11.2. The maximum Gasteiger partial charge on any atom is 0.573 e.